The molecule has 5 nitrogen and oxygen atoms in total. The first-order valence-corrected chi connectivity index (χ1v) is 8.74. The molecule has 1 aromatic heterocycles. The molecule has 1 aliphatic heterocycles. The van der Waals surface area contributed by atoms with Crippen molar-refractivity contribution in [3.8, 4) is 5.75 Å². The first-order valence-electron chi connectivity index (χ1n) is 8.74. The molecule has 2 aromatic rings. The van der Waals surface area contributed by atoms with Crippen LogP contribution < -0.4 is 4.74 Å². The molecule has 0 amide bonds. The van der Waals surface area contributed by atoms with E-state index in [4.69, 9.17) is 9.84 Å². The average molecular weight is 340 g/mol. The lowest BCUT2D eigenvalue weighted by molar-refractivity contribution is -0.139. The molecule has 0 saturated carbocycles. The molecule has 5 heteroatoms. The second-order valence-electron chi connectivity index (χ2n) is 6.57. The molecular formula is C20H24N2O3. The second-order valence-corrected chi connectivity index (χ2v) is 6.57. The van der Waals surface area contributed by atoms with Gasteiger partial charge in [-0.15, -0.1) is 0 Å². The van der Waals surface area contributed by atoms with Crippen molar-refractivity contribution >= 4 is 5.97 Å². The summed E-state index contributed by atoms with van der Waals surface area (Å²) in [5.41, 5.74) is 2.41. The van der Waals surface area contributed by atoms with E-state index in [1.165, 1.54) is 18.4 Å². The van der Waals surface area contributed by atoms with E-state index in [1.807, 2.05) is 36.7 Å². The smallest absolute Gasteiger partial charge is 0.341 e. The number of hydrogen-bond acceptors (Lipinski definition) is 4. The molecule has 1 saturated heterocycles. The Morgan fingerprint density at radius 1 is 1.16 bits per heavy atom. The van der Waals surface area contributed by atoms with E-state index in [-0.39, 0.29) is 6.61 Å². The zero-order valence-corrected chi connectivity index (χ0v) is 14.3. The van der Waals surface area contributed by atoms with Crippen molar-refractivity contribution in [2.75, 3.05) is 19.7 Å². The van der Waals surface area contributed by atoms with Crippen LogP contribution >= 0.6 is 0 Å². The number of carboxylic acid groups (broad SMARTS) is 1. The van der Waals surface area contributed by atoms with E-state index in [0.717, 1.165) is 37.5 Å². The van der Waals surface area contributed by atoms with E-state index in [2.05, 4.69) is 22.0 Å². The molecule has 2 heterocycles. The number of carbonyl (C=O) groups is 1. The first-order chi connectivity index (χ1) is 12.2. The van der Waals surface area contributed by atoms with Crippen molar-refractivity contribution in [3.05, 3.63) is 59.9 Å². The number of pyridine rings is 1. The van der Waals surface area contributed by atoms with Crippen LogP contribution in [0.25, 0.3) is 0 Å². The van der Waals surface area contributed by atoms with Crippen LogP contribution in [0.15, 0.2) is 48.8 Å². The Bertz CT molecular complexity index is 682. The molecule has 0 bridgehead atoms. The maximum absolute atomic E-state index is 10.7. The molecule has 1 N–H and O–H groups in total. The number of benzene rings is 1. The highest BCUT2D eigenvalue weighted by Crippen LogP contribution is 2.25. The summed E-state index contributed by atoms with van der Waals surface area (Å²) in [4.78, 5) is 17.2. The Labute approximate surface area is 148 Å². The van der Waals surface area contributed by atoms with Crippen LogP contribution in [-0.4, -0.2) is 40.7 Å². The largest absolute Gasteiger partial charge is 0.482 e. The zero-order chi connectivity index (χ0) is 17.5. The molecule has 132 valence electrons. The number of rotatable bonds is 7. The van der Waals surface area contributed by atoms with E-state index in [0.29, 0.717) is 5.75 Å². The van der Waals surface area contributed by atoms with Crippen LogP contribution in [0.1, 0.15) is 24.0 Å². The Hall–Kier alpha value is -2.40. The lowest BCUT2D eigenvalue weighted by Gasteiger charge is -2.32. The van der Waals surface area contributed by atoms with Gasteiger partial charge < -0.3 is 9.84 Å². The summed E-state index contributed by atoms with van der Waals surface area (Å²) in [6, 6.07) is 11.9. The molecule has 25 heavy (non-hydrogen) atoms. The van der Waals surface area contributed by atoms with Crippen molar-refractivity contribution in [3.63, 3.8) is 0 Å². The number of para-hydroxylation sites is 1. The SMILES string of the molecule is O=C(O)COc1ccccc1CN1CCC(Cc2ccncc2)CC1. The Balaban J connectivity index is 1.51. The molecule has 3 rings (SSSR count). The number of piperidine rings is 1. The highest BCUT2D eigenvalue weighted by Gasteiger charge is 2.20. The van der Waals surface area contributed by atoms with Crippen molar-refractivity contribution < 1.29 is 14.6 Å². The molecule has 0 radical (unpaired) electrons. The monoisotopic (exact) mass is 340 g/mol. The average Bonchev–Trinajstić information content (AvgIpc) is 2.63. The molecule has 1 fully saturated rings. The van der Waals surface area contributed by atoms with E-state index in [9.17, 15) is 4.79 Å². The van der Waals surface area contributed by atoms with E-state index in [1.54, 1.807) is 0 Å². The second kappa shape index (κ2) is 8.62. The summed E-state index contributed by atoms with van der Waals surface area (Å²) >= 11 is 0. The number of aliphatic carboxylic acids is 1. The van der Waals surface area contributed by atoms with Gasteiger partial charge >= 0.3 is 5.97 Å². The van der Waals surface area contributed by atoms with Crippen LogP contribution in [0.5, 0.6) is 5.75 Å². The topological polar surface area (TPSA) is 62.7 Å². The fraction of sp³-hybridized carbons (Fsp3) is 0.400. The molecular weight excluding hydrogens is 316 g/mol. The highest BCUT2D eigenvalue weighted by atomic mass is 16.5. The predicted molar refractivity (Wildman–Crippen MR) is 95.5 cm³/mol. The van der Waals surface area contributed by atoms with Gasteiger partial charge in [0.15, 0.2) is 6.61 Å². The zero-order valence-electron chi connectivity index (χ0n) is 14.3. The number of carboxylic acids is 1. The van der Waals surface area contributed by atoms with Crippen molar-refractivity contribution in [2.24, 2.45) is 5.92 Å². The van der Waals surface area contributed by atoms with Gasteiger partial charge in [-0.2, -0.15) is 0 Å². The number of nitrogens with zero attached hydrogens (tertiary/aromatic N) is 2. The van der Waals surface area contributed by atoms with Gasteiger partial charge in [-0.3, -0.25) is 9.88 Å². The molecule has 0 unspecified atom stereocenters. The summed E-state index contributed by atoms with van der Waals surface area (Å²) in [7, 11) is 0. The molecule has 0 spiro atoms. The van der Waals surface area contributed by atoms with Crippen molar-refractivity contribution in [1.82, 2.24) is 9.88 Å². The number of aromatic nitrogens is 1. The molecule has 0 aliphatic carbocycles. The molecule has 1 aromatic carbocycles. The molecule has 1 aliphatic rings. The Morgan fingerprint density at radius 3 is 2.60 bits per heavy atom. The third-order valence-electron chi connectivity index (χ3n) is 4.70. The number of ether oxygens (including phenoxy) is 1. The minimum Gasteiger partial charge on any atom is -0.482 e. The van der Waals surface area contributed by atoms with Crippen LogP contribution in [0.2, 0.25) is 0 Å². The summed E-state index contributed by atoms with van der Waals surface area (Å²) in [6.07, 6.45) is 7.20. The highest BCUT2D eigenvalue weighted by molar-refractivity contribution is 5.68. The third kappa shape index (κ3) is 5.29. The van der Waals surface area contributed by atoms with Gasteiger partial charge in [0.25, 0.3) is 0 Å². The predicted octanol–water partition coefficient (Wildman–Crippen LogP) is 3.00. The lowest BCUT2D eigenvalue weighted by Crippen LogP contribution is -2.34. The van der Waals surface area contributed by atoms with E-state index >= 15 is 0 Å². The third-order valence-corrected chi connectivity index (χ3v) is 4.70. The maximum Gasteiger partial charge on any atom is 0.341 e. The summed E-state index contributed by atoms with van der Waals surface area (Å²) < 4.78 is 5.41. The quantitative estimate of drug-likeness (QED) is 0.839. The minimum atomic E-state index is -0.952. The van der Waals surface area contributed by atoms with Gasteiger partial charge in [0.1, 0.15) is 5.75 Å². The minimum absolute atomic E-state index is 0.301. The van der Waals surface area contributed by atoms with Crippen molar-refractivity contribution in [2.45, 2.75) is 25.8 Å². The van der Waals surface area contributed by atoms with Crippen LogP contribution in [0, 0.1) is 5.92 Å². The first kappa shape index (κ1) is 17.4. The summed E-state index contributed by atoms with van der Waals surface area (Å²) in [5.74, 6) is 0.438. The van der Waals surface area contributed by atoms with Crippen LogP contribution in [-0.2, 0) is 17.8 Å². The number of hydrogen-bond donors (Lipinski definition) is 1. The molecule has 0 atom stereocenters. The van der Waals surface area contributed by atoms with E-state index < -0.39 is 5.97 Å². The number of likely N-dealkylation sites (tertiary alicyclic amines) is 1. The fourth-order valence-corrected chi connectivity index (χ4v) is 3.36. The van der Waals surface area contributed by atoms with Gasteiger partial charge in [-0.1, -0.05) is 18.2 Å². The standard InChI is InChI=1S/C20H24N2O3/c23-20(24)15-25-19-4-2-1-3-18(19)14-22-11-7-17(8-12-22)13-16-5-9-21-10-6-16/h1-6,9-10,17H,7-8,11-15H2,(H,23,24). The van der Waals surface area contributed by atoms with Gasteiger partial charge in [-0.05, 0) is 62.0 Å². The van der Waals surface area contributed by atoms with Gasteiger partial charge in [0.2, 0.25) is 0 Å². The van der Waals surface area contributed by atoms with Gasteiger partial charge in [0.05, 0.1) is 0 Å². The van der Waals surface area contributed by atoms with Crippen LogP contribution in [0.3, 0.4) is 0 Å². The lowest BCUT2D eigenvalue weighted by atomic mass is 9.90. The maximum atomic E-state index is 10.7. The van der Waals surface area contributed by atoms with Crippen LogP contribution in [0.4, 0.5) is 0 Å². The summed E-state index contributed by atoms with van der Waals surface area (Å²) in [6.45, 7) is 2.62. The summed E-state index contributed by atoms with van der Waals surface area (Å²) in [5, 5.41) is 8.80. The normalized spacial score (nSPS) is 15.8. The Morgan fingerprint density at radius 2 is 1.88 bits per heavy atom. The fourth-order valence-electron chi connectivity index (χ4n) is 3.36. The van der Waals surface area contributed by atoms with Gasteiger partial charge in [-0.25, -0.2) is 4.79 Å². The Kier molecular flexibility index (Phi) is 6.01. The van der Waals surface area contributed by atoms with Crippen molar-refractivity contribution in [1.29, 1.82) is 0 Å². The van der Waals surface area contributed by atoms with Gasteiger partial charge in [0, 0.05) is 24.5 Å².